The predicted octanol–water partition coefficient (Wildman–Crippen LogP) is 3.68. The Morgan fingerprint density at radius 3 is 2.29 bits per heavy atom. The standard InChI is InChI=1S/C23H29ClN2O5/c1-5-9-25-23(28)16(2)26(14-17-7-6-8-18(24)10-17)22(27)15-31-21-12-19(29-3)11-20(13-21)30-4/h6-8,10-13,16H,5,9,14-15H2,1-4H3,(H,25,28)/t16-/m0/s1. The van der Waals surface area contributed by atoms with Gasteiger partial charge in [-0.05, 0) is 31.0 Å². The van der Waals surface area contributed by atoms with Crippen LogP contribution in [0.4, 0.5) is 0 Å². The molecule has 0 aromatic heterocycles. The number of halogens is 1. The SMILES string of the molecule is CCCNC(=O)[C@H](C)N(Cc1cccc(Cl)c1)C(=O)COc1cc(OC)cc(OC)c1. The van der Waals surface area contributed by atoms with Crippen molar-refractivity contribution < 1.29 is 23.8 Å². The van der Waals surface area contributed by atoms with Crippen molar-refractivity contribution in [3.8, 4) is 17.2 Å². The van der Waals surface area contributed by atoms with E-state index in [4.69, 9.17) is 25.8 Å². The summed E-state index contributed by atoms with van der Waals surface area (Å²) in [4.78, 5) is 27.1. The molecule has 8 heteroatoms. The second-order valence-corrected chi connectivity index (χ2v) is 7.39. The number of amides is 2. The Balaban J connectivity index is 2.17. The molecule has 2 rings (SSSR count). The molecule has 1 N–H and O–H groups in total. The first-order valence-corrected chi connectivity index (χ1v) is 10.4. The Bertz CT molecular complexity index is 868. The third-order valence-electron chi connectivity index (χ3n) is 4.65. The average Bonchev–Trinajstić information content (AvgIpc) is 2.78. The van der Waals surface area contributed by atoms with Crippen LogP contribution < -0.4 is 19.5 Å². The molecule has 0 spiro atoms. The first-order chi connectivity index (χ1) is 14.9. The minimum Gasteiger partial charge on any atom is -0.496 e. The van der Waals surface area contributed by atoms with Gasteiger partial charge in [0.1, 0.15) is 23.3 Å². The highest BCUT2D eigenvalue weighted by Crippen LogP contribution is 2.27. The molecule has 0 saturated heterocycles. The summed E-state index contributed by atoms with van der Waals surface area (Å²) in [6.07, 6.45) is 0.807. The number of rotatable bonds is 11. The van der Waals surface area contributed by atoms with Crippen LogP contribution >= 0.6 is 11.6 Å². The highest BCUT2D eigenvalue weighted by Gasteiger charge is 2.26. The number of methoxy groups -OCH3 is 2. The Morgan fingerprint density at radius 1 is 1.06 bits per heavy atom. The van der Waals surface area contributed by atoms with Gasteiger partial charge >= 0.3 is 0 Å². The van der Waals surface area contributed by atoms with Crippen molar-refractivity contribution in [1.29, 1.82) is 0 Å². The van der Waals surface area contributed by atoms with E-state index in [1.54, 1.807) is 43.3 Å². The first kappa shape index (κ1) is 24.3. The molecule has 0 heterocycles. The summed E-state index contributed by atoms with van der Waals surface area (Å²) < 4.78 is 16.2. The Kier molecular flexibility index (Phi) is 9.46. The first-order valence-electron chi connectivity index (χ1n) is 10.1. The summed E-state index contributed by atoms with van der Waals surface area (Å²) in [6.45, 7) is 4.19. The van der Waals surface area contributed by atoms with Crippen molar-refractivity contribution in [3.63, 3.8) is 0 Å². The van der Waals surface area contributed by atoms with Gasteiger partial charge in [0.25, 0.3) is 5.91 Å². The molecule has 0 unspecified atom stereocenters. The fourth-order valence-corrected chi connectivity index (χ4v) is 3.12. The van der Waals surface area contributed by atoms with Crippen LogP contribution in [0.2, 0.25) is 5.02 Å². The van der Waals surface area contributed by atoms with Crippen LogP contribution in [0.5, 0.6) is 17.2 Å². The second-order valence-electron chi connectivity index (χ2n) is 6.96. The van der Waals surface area contributed by atoms with E-state index in [1.807, 2.05) is 13.0 Å². The highest BCUT2D eigenvalue weighted by atomic mass is 35.5. The zero-order chi connectivity index (χ0) is 22.8. The molecular formula is C23H29ClN2O5. The monoisotopic (exact) mass is 448 g/mol. The van der Waals surface area contributed by atoms with Gasteiger partial charge < -0.3 is 24.4 Å². The molecule has 0 fully saturated rings. The van der Waals surface area contributed by atoms with Crippen molar-refractivity contribution in [2.24, 2.45) is 0 Å². The van der Waals surface area contributed by atoms with Gasteiger partial charge in [-0.1, -0.05) is 30.7 Å². The molecule has 0 saturated carbocycles. The molecule has 0 bridgehead atoms. The van der Waals surface area contributed by atoms with E-state index in [-0.39, 0.29) is 25.0 Å². The molecule has 0 aliphatic rings. The number of hydrogen-bond donors (Lipinski definition) is 1. The number of carbonyl (C=O) groups excluding carboxylic acids is 2. The van der Waals surface area contributed by atoms with Crippen LogP contribution in [0.1, 0.15) is 25.8 Å². The number of carbonyl (C=O) groups is 2. The van der Waals surface area contributed by atoms with Gasteiger partial charge in [-0.15, -0.1) is 0 Å². The summed E-state index contributed by atoms with van der Waals surface area (Å²) >= 11 is 6.09. The molecule has 2 amide bonds. The molecule has 0 aliphatic heterocycles. The van der Waals surface area contributed by atoms with E-state index >= 15 is 0 Å². The van der Waals surface area contributed by atoms with Crippen LogP contribution in [0, 0.1) is 0 Å². The minimum atomic E-state index is -0.679. The largest absolute Gasteiger partial charge is 0.496 e. The number of nitrogens with zero attached hydrogens (tertiary/aromatic N) is 1. The minimum absolute atomic E-state index is 0.222. The van der Waals surface area contributed by atoms with Crippen LogP contribution in [-0.2, 0) is 16.1 Å². The molecule has 2 aromatic carbocycles. The lowest BCUT2D eigenvalue weighted by Gasteiger charge is -2.28. The average molecular weight is 449 g/mol. The zero-order valence-electron chi connectivity index (χ0n) is 18.3. The fraction of sp³-hybridized carbons (Fsp3) is 0.391. The lowest BCUT2D eigenvalue weighted by Crippen LogP contribution is -2.49. The van der Waals surface area contributed by atoms with Crippen molar-refractivity contribution in [2.45, 2.75) is 32.9 Å². The smallest absolute Gasteiger partial charge is 0.261 e. The third-order valence-corrected chi connectivity index (χ3v) is 4.88. The quantitative estimate of drug-likeness (QED) is 0.567. The van der Waals surface area contributed by atoms with Gasteiger partial charge in [0.2, 0.25) is 5.91 Å². The normalized spacial score (nSPS) is 11.4. The lowest BCUT2D eigenvalue weighted by molar-refractivity contribution is -0.142. The fourth-order valence-electron chi connectivity index (χ4n) is 2.90. The summed E-state index contributed by atoms with van der Waals surface area (Å²) in [5.41, 5.74) is 0.819. The van der Waals surface area contributed by atoms with Gasteiger partial charge in [0.05, 0.1) is 14.2 Å². The molecule has 2 aromatic rings. The van der Waals surface area contributed by atoms with E-state index in [2.05, 4.69) is 5.32 Å². The topological polar surface area (TPSA) is 77.1 Å². The van der Waals surface area contributed by atoms with Crippen LogP contribution in [0.3, 0.4) is 0 Å². The van der Waals surface area contributed by atoms with E-state index < -0.39 is 6.04 Å². The summed E-state index contributed by atoms with van der Waals surface area (Å²) in [5, 5.41) is 3.40. The van der Waals surface area contributed by atoms with Crippen molar-refractivity contribution >= 4 is 23.4 Å². The summed E-state index contributed by atoms with van der Waals surface area (Å²) in [7, 11) is 3.07. The zero-order valence-corrected chi connectivity index (χ0v) is 19.1. The molecule has 1 atom stereocenters. The highest BCUT2D eigenvalue weighted by molar-refractivity contribution is 6.30. The molecule has 31 heavy (non-hydrogen) atoms. The van der Waals surface area contributed by atoms with Gasteiger partial charge in [-0.3, -0.25) is 9.59 Å². The van der Waals surface area contributed by atoms with E-state index in [0.29, 0.717) is 28.8 Å². The lowest BCUT2D eigenvalue weighted by atomic mass is 10.1. The molecular weight excluding hydrogens is 420 g/mol. The van der Waals surface area contributed by atoms with E-state index in [1.165, 1.54) is 19.1 Å². The molecule has 0 aliphatic carbocycles. The van der Waals surface area contributed by atoms with Gasteiger partial charge in [-0.2, -0.15) is 0 Å². The van der Waals surface area contributed by atoms with Gasteiger partial charge in [-0.25, -0.2) is 0 Å². The number of benzene rings is 2. The Labute approximate surface area is 188 Å². The third kappa shape index (κ3) is 7.36. The maximum absolute atomic E-state index is 13.1. The Hall–Kier alpha value is -2.93. The number of ether oxygens (including phenoxy) is 3. The van der Waals surface area contributed by atoms with Crippen LogP contribution in [0.25, 0.3) is 0 Å². The Morgan fingerprint density at radius 2 is 1.71 bits per heavy atom. The summed E-state index contributed by atoms with van der Waals surface area (Å²) in [5.74, 6) is 0.964. The van der Waals surface area contributed by atoms with Crippen LogP contribution in [-0.4, -0.2) is 50.1 Å². The van der Waals surface area contributed by atoms with E-state index in [9.17, 15) is 9.59 Å². The van der Waals surface area contributed by atoms with Crippen molar-refractivity contribution in [1.82, 2.24) is 10.2 Å². The molecule has 168 valence electrons. The molecule has 7 nitrogen and oxygen atoms in total. The molecule has 0 radical (unpaired) electrons. The van der Waals surface area contributed by atoms with Gasteiger partial charge in [0, 0.05) is 36.3 Å². The summed E-state index contributed by atoms with van der Waals surface area (Å²) in [6, 6.07) is 11.5. The number of nitrogens with one attached hydrogen (secondary N) is 1. The number of hydrogen-bond acceptors (Lipinski definition) is 5. The van der Waals surface area contributed by atoms with Crippen LogP contribution in [0.15, 0.2) is 42.5 Å². The van der Waals surface area contributed by atoms with Crippen molar-refractivity contribution in [2.75, 3.05) is 27.4 Å². The van der Waals surface area contributed by atoms with E-state index in [0.717, 1.165) is 12.0 Å². The predicted molar refractivity (Wildman–Crippen MR) is 120 cm³/mol. The second kappa shape index (κ2) is 12.1. The van der Waals surface area contributed by atoms with Crippen molar-refractivity contribution in [3.05, 3.63) is 53.1 Å². The van der Waals surface area contributed by atoms with Gasteiger partial charge in [0.15, 0.2) is 6.61 Å². The maximum Gasteiger partial charge on any atom is 0.261 e. The maximum atomic E-state index is 13.1.